The van der Waals surface area contributed by atoms with E-state index in [0.717, 1.165) is 0 Å². The molecule has 0 spiro atoms. The summed E-state index contributed by atoms with van der Waals surface area (Å²) in [4.78, 5) is 8.45. The van der Waals surface area contributed by atoms with Gasteiger partial charge in [-0.3, -0.25) is 0 Å². The molecule has 4 nitrogen and oxygen atoms in total. The molecule has 2 rings (SSSR count). The Balaban J connectivity index is 2.43. The van der Waals surface area contributed by atoms with Crippen molar-refractivity contribution in [2.75, 3.05) is 11.1 Å². The van der Waals surface area contributed by atoms with Crippen molar-refractivity contribution in [2.24, 2.45) is 0 Å². The number of benzene rings is 1. The topological polar surface area (TPSA) is 63.8 Å². The molecule has 1 aromatic heterocycles. The zero-order chi connectivity index (χ0) is 14.0. The maximum Gasteiger partial charge on any atom is 0.165 e. The minimum absolute atomic E-state index is 0.0559. The van der Waals surface area contributed by atoms with Crippen LogP contribution in [-0.2, 0) is 6.42 Å². The van der Waals surface area contributed by atoms with Crippen LogP contribution in [0.15, 0.2) is 18.2 Å². The summed E-state index contributed by atoms with van der Waals surface area (Å²) in [6, 6.07) is 4.74. The van der Waals surface area contributed by atoms with Gasteiger partial charge in [-0.25, -0.2) is 14.4 Å². The van der Waals surface area contributed by atoms with Crippen LogP contribution in [0.4, 0.5) is 21.7 Å². The van der Waals surface area contributed by atoms with Gasteiger partial charge in [0.1, 0.15) is 17.5 Å². The molecule has 3 N–H and O–H groups in total. The van der Waals surface area contributed by atoms with E-state index in [1.54, 1.807) is 19.1 Å². The van der Waals surface area contributed by atoms with Crippen molar-refractivity contribution in [3.05, 3.63) is 40.4 Å². The maximum atomic E-state index is 13.8. The van der Waals surface area contributed by atoms with E-state index in [2.05, 4.69) is 15.3 Å². The monoisotopic (exact) mass is 280 g/mol. The van der Waals surface area contributed by atoms with Crippen LogP contribution >= 0.6 is 11.6 Å². The molecule has 0 aliphatic carbocycles. The number of hydrogen-bond donors (Lipinski definition) is 2. The first-order valence-electron chi connectivity index (χ1n) is 5.87. The van der Waals surface area contributed by atoms with E-state index in [-0.39, 0.29) is 10.7 Å². The van der Waals surface area contributed by atoms with E-state index in [0.29, 0.717) is 29.4 Å². The van der Waals surface area contributed by atoms with Gasteiger partial charge in [0.05, 0.1) is 10.7 Å². The van der Waals surface area contributed by atoms with E-state index in [9.17, 15) is 4.39 Å². The highest BCUT2D eigenvalue weighted by Gasteiger charge is 2.11. The van der Waals surface area contributed by atoms with Gasteiger partial charge in [-0.05, 0) is 19.1 Å². The Bertz CT molecular complexity index is 616. The van der Waals surface area contributed by atoms with Crippen molar-refractivity contribution in [1.82, 2.24) is 9.97 Å². The SMILES string of the molecule is CCc1nc(N)c(C)c(Nc2cccc(Cl)c2F)n1. The average Bonchev–Trinajstić information content (AvgIpc) is 2.39. The Kier molecular flexibility index (Phi) is 3.85. The fourth-order valence-electron chi connectivity index (χ4n) is 1.59. The molecule has 0 aliphatic heterocycles. The van der Waals surface area contributed by atoms with Gasteiger partial charge in [0, 0.05) is 12.0 Å². The van der Waals surface area contributed by atoms with Gasteiger partial charge in [0.2, 0.25) is 0 Å². The quantitative estimate of drug-likeness (QED) is 0.904. The van der Waals surface area contributed by atoms with Crippen LogP contribution in [0.3, 0.4) is 0 Å². The molecule has 100 valence electrons. The maximum absolute atomic E-state index is 13.8. The summed E-state index contributed by atoms with van der Waals surface area (Å²) >= 11 is 5.74. The fraction of sp³-hybridized carbons (Fsp3) is 0.231. The summed E-state index contributed by atoms with van der Waals surface area (Å²) in [6.45, 7) is 3.70. The lowest BCUT2D eigenvalue weighted by atomic mass is 10.2. The van der Waals surface area contributed by atoms with Crippen molar-refractivity contribution in [3.63, 3.8) is 0 Å². The zero-order valence-electron chi connectivity index (χ0n) is 10.7. The number of nitrogens with one attached hydrogen (secondary N) is 1. The second-order valence-corrected chi connectivity index (χ2v) is 4.49. The minimum atomic E-state index is -0.515. The van der Waals surface area contributed by atoms with Crippen molar-refractivity contribution >= 4 is 28.9 Å². The molecule has 2 aromatic rings. The van der Waals surface area contributed by atoms with Gasteiger partial charge < -0.3 is 11.1 Å². The normalized spacial score (nSPS) is 10.5. The standard InChI is InChI=1S/C13H14ClFN4/c1-3-10-18-12(16)7(2)13(19-10)17-9-6-4-5-8(14)11(9)15/h4-6H,3H2,1-2H3,(H3,16,17,18,19). The van der Waals surface area contributed by atoms with Crippen molar-refractivity contribution < 1.29 is 4.39 Å². The molecule has 0 unspecified atom stereocenters. The molecule has 1 aromatic carbocycles. The second kappa shape index (κ2) is 5.40. The Morgan fingerprint density at radius 2 is 2.11 bits per heavy atom. The number of nitrogens with zero attached hydrogens (tertiary/aromatic N) is 2. The Morgan fingerprint density at radius 3 is 2.79 bits per heavy atom. The second-order valence-electron chi connectivity index (χ2n) is 4.08. The highest BCUT2D eigenvalue weighted by atomic mass is 35.5. The summed E-state index contributed by atoms with van der Waals surface area (Å²) in [5, 5.41) is 2.96. The lowest BCUT2D eigenvalue weighted by Gasteiger charge is -2.12. The minimum Gasteiger partial charge on any atom is -0.383 e. The summed E-state index contributed by atoms with van der Waals surface area (Å²) in [6.07, 6.45) is 0.650. The van der Waals surface area contributed by atoms with E-state index >= 15 is 0 Å². The molecular formula is C13H14ClFN4. The number of hydrogen-bond acceptors (Lipinski definition) is 4. The van der Waals surface area contributed by atoms with E-state index in [4.69, 9.17) is 17.3 Å². The first-order valence-corrected chi connectivity index (χ1v) is 6.24. The molecule has 0 fully saturated rings. The number of aromatic nitrogens is 2. The molecule has 0 bridgehead atoms. The highest BCUT2D eigenvalue weighted by Crippen LogP contribution is 2.27. The van der Waals surface area contributed by atoms with Crippen LogP contribution in [-0.4, -0.2) is 9.97 Å². The fourth-order valence-corrected chi connectivity index (χ4v) is 1.76. The van der Waals surface area contributed by atoms with Crippen LogP contribution in [0.5, 0.6) is 0 Å². The molecule has 6 heteroatoms. The third kappa shape index (κ3) is 2.76. The summed E-state index contributed by atoms with van der Waals surface area (Å²) in [5.74, 6) is 0.967. The Labute approximate surface area is 115 Å². The van der Waals surface area contributed by atoms with Crippen molar-refractivity contribution in [1.29, 1.82) is 0 Å². The third-order valence-corrected chi connectivity index (χ3v) is 3.04. The van der Waals surface area contributed by atoms with Gasteiger partial charge in [-0.1, -0.05) is 24.6 Å². The zero-order valence-corrected chi connectivity index (χ0v) is 11.4. The molecule has 0 radical (unpaired) electrons. The Hall–Kier alpha value is -1.88. The van der Waals surface area contributed by atoms with Crippen LogP contribution in [0.1, 0.15) is 18.3 Å². The number of aryl methyl sites for hydroxylation is 1. The van der Waals surface area contributed by atoms with E-state index in [1.165, 1.54) is 6.07 Å². The van der Waals surface area contributed by atoms with E-state index < -0.39 is 5.82 Å². The van der Waals surface area contributed by atoms with Gasteiger partial charge in [-0.2, -0.15) is 0 Å². The van der Waals surface area contributed by atoms with Crippen molar-refractivity contribution in [3.8, 4) is 0 Å². The largest absolute Gasteiger partial charge is 0.383 e. The summed E-state index contributed by atoms with van der Waals surface area (Å²) in [7, 11) is 0. The third-order valence-electron chi connectivity index (χ3n) is 2.75. The lowest BCUT2D eigenvalue weighted by molar-refractivity contribution is 0.632. The van der Waals surface area contributed by atoms with Crippen LogP contribution in [0, 0.1) is 12.7 Å². The number of anilines is 3. The predicted octanol–water partition coefficient (Wildman–Crippen LogP) is 3.47. The van der Waals surface area contributed by atoms with Gasteiger partial charge in [0.15, 0.2) is 5.82 Å². The predicted molar refractivity (Wildman–Crippen MR) is 75.3 cm³/mol. The van der Waals surface area contributed by atoms with Crippen LogP contribution in [0.25, 0.3) is 0 Å². The number of nitrogens with two attached hydrogens (primary N) is 1. The molecule has 0 saturated heterocycles. The summed E-state index contributed by atoms with van der Waals surface area (Å²) < 4.78 is 13.8. The van der Waals surface area contributed by atoms with E-state index in [1.807, 2.05) is 6.92 Å². The van der Waals surface area contributed by atoms with Gasteiger partial charge >= 0.3 is 0 Å². The molecule has 0 saturated carbocycles. The smallest absolute Gasteiger partial charge is 0.165 e. The molecule has 0 atom stereocenters. The molecule has 1 heterocycles. The lowest BCUT2D eigenvalue weighted by Crippen LogP contribution is -2.07. The van der Waals surface area contributed by atoms with Crippen LogP contribution < -0.4 is 11.1 Å². The van der Waals surface area contributed by atoms with Gasteiger partial charge in [0.25, 0.3) is 0 Å². The molecular weight excluding hydrogens is 267 g/mol. The molecule has 0 aliphatic rings. The number of rotatable bonds is 3. The summed E-state index contributed by atoms with van der Waals surface area (Å²) in [5.41, 5.74) is 6.75. The molecule has 19 heavy (non-hydrogen) atoms. The van der Waals surface area contributed by atoms with Crippen LogP contribution in [0.2, 0.25) is 5.02 Å². The number of nitrogen functional groups attached to an aromatic ring is 1. The first-order chi connectivity index (χ1) is 9.02. The van der Waals surface area contributed by atoms with Crippen molar-refractivity contribution in [2.45, 2.75) is 20.3 Å². The highest BCUT2D eigenvalue weighted by molar-refractivity contribution is 6.31. The van der Waals surface area contributed by atoms with Gasteiger partial charge in [-0.15, -0.1) is 0 Å². The number of halogens is 2. The molecule has 0 amide bonds. The average molecular weight is 281 g/mol. The first kappa shape index (κ1) is 13.5. The Morgan fingerprint density at radius 1 is 1.37 bits per heavy atom.